The van der Waals surface area contributed by atoms with Crippen LogP contribution in [0.2, 0.25) is 0 Å². The molecule has 0 saturated heterocycles. The van der Waals surface area contributed by atoms with Gasteiger partial charge in [-0.25, -0.2) is 33.6 Å². The molecule has 0 heterocycles. The first-order valence-corrected chi connectivity index (χ1v) is 30.1. The molecule has 0 aliphatic rings. The second-order valence-electron chi connectivity index (χ2n) is 20.8. The number of phenols is 4. The van der Waals surface area contributed by atoms with Gasteiger partial charge in [0.05, 0.1) is 72.0 Å². The maximum atomic E-state index is 11.3. The summed E-state index contributed by atoms with van der Waals surface area (Å²) in [5.74, 6) is -3.67. The molecule has 0 bridgehead atoms. The van der Waals surface area contributed by atoms with Crippen LogP contribution in [-0.2, 0) is 20.8 Å². The van der Waals surface area contributed by atoms with Crippen molar-refractivity contribution in [1.82, 2.24) is 0 Å². The van der Waals surface area contributed by atoms with Crippen LogP contribution in [0.15, 0.2) is 212 Å². The number of aliphatic hydroxyl groups is 2. The SMILES string of the molecule is CCCCOC(=O)c1ccc(O)cc1.CCOC(=O)c1ccc(O)cc1.COC(=O)c1ccccc1C.Cc1cc(C(C)O)ccc1O.Cc1ccc(C(=O)O)cc1.Cc1ccc(C(=O)O)cc1.Cc1cccc(C(=O)O)c1.Cc1ccccc1C(=O)O.OCc1ccc(O)cc1. The number of aryl methyl sites for hydroxylation is 6. The minimum Gasteiger partial charge on any atom is -0.508 e. The van der Waals surface area contributed by atoms with E-state index in [-0.39, 0.29) is 47.5 Å². The van der Waals surface area contributed by atoms with Gasteiger partial charge in [-0.2, -0.15) is 0 Å². The van der Waals surface area contributed by atoms with Gasteiger partial charge in [-0.05, 0) is 211 Å². The molecule has 97 heavy (non-hydrogen) atoms. The van der Waals surface area contributed by atoms with Crippen molar-refractivity contribution in [2.45, 2.75) is 87.9 Å². The van der Waals surface area contributed by atoms with Crippen LogP contribution < -0.4 is 0 Å². The van der Waals surface area contributed by atoms with Gasteiger partial charge in [0.25, 0.3) is 0 Å². The topological polar surface area (TPSA) is 349 Å². The van der Waals surface area contributed by atoms with Crippen molar-refractivity contribution in [2.75, 3.05) is 20.3 Å². The monoisotopic (exact) mass is 1330 g/mol. The molecule has 0 saturated carbocycles. The van der Waals surface area contributed by atoms with Crippen LogP contribution in [0, 0.1) is 41.5 Å². The van der Waals surface area contributed by atoms with Crippen molar-refractivity contribution in [2.24, 2.45) is 0 Å². The van der Waals surface area contributed by atoms with Gasteiger partial charge in [0.15, 0.2) is 0 Å². The number of phenolic OH excluding ortho intramolecular Hbond substituents is 4. The molecule has 0 spiro atoms. The van der Waals surface area contributed by atoms with Crippen LogP contribution in [-0.4, -0.2) is 113 Å². The summed E-state index contributed by atoms with van der Waals surface area (Å²) in [5.41, 5.74) is 10.3. The summed E-state index contributed by atoms with van der Waals surface area (Å²) in [6.07, 6.45) is 1.42. The lowest BCUT2D eigenvalue weighted by Crippen LogP contribution is -2.05. The molecule has 1 unspecified atom stereocenters. The van der Waals surface area contributed by atoms with Crippen LogP contribution >= 0.6 is 0 Å². The third-order valence-electron chi connectivity index (χ3n) is 12.8. The molecule has 0 aliphatic heterocycles. The highest BCUT2D eigenvalue weighted by Crippen LogP contribution is 2.21. The Morgan fingerprint density at radius 3 is 1.15 bits per heavy atom. The summed E-state index contributed by atoms with van der Waals surface area (Å²) in [7, 11) is 1.38. The van der Waals surface area contributed by atoms with E-state index in [0.717, 1.165) is 57.3 Å². The fraction of sp³-hybridized carbons (Fsp3) is 0.208. The van der Waals surface area contributed by atoms with E-state index in [1.54, 1.807) is 173 Å². The van der Waals surface area contributed by atoms with Crippen molar-refractivity contribution < 1.29 is 98.8 Å². The number of unbranched alkanes of at least 4 members (excludes halogenated alkanes) is 1. The minimum atomic E-state index is -0.875. The zero-order chi connectivity index (χ0) is 73.0. The Balaban J connectivity index is 0.000000547. The molecule has 9 aromatic carbocycles. The highest BCUT2D eigenvalue weighted by Gasteiger charge is 2.09. The molecule has 1 atom stereocenters. The third kappa shape index (κ3) is 35.3. The molecule has 0 radical (unpaired) electrons. The van der Waals surface area contributed by atoms with Gasteiger partial charge in [0, 0.05) is 0 Å². The number of hydrogen-bond donors (Lipinski definition) is 10. The molecule has 0 aromatic heterocycles. The van der Waals surface area contributed by atoms with Gasteiger partial charge in [-0.15, -0.1) is 0 Å². The Morgan fingerprint density at radius 2 is 0.814 bits per heavy atom. The average molecular weight is 1330 g/mol. The largest absolute Gasteiger partial charge is 0.508 e. The van der Waals surface area contributed by atoms with Crippen molar-refractivity contribution in [3.8, 4) is 23.0 Å². The number of aromatic carboxylic acids is 4. The van der Waals surface area contributed by atoms with Gasteiger partial charge in [0.1, 0.15) is 23.0 Å². The van der Waals surface area contributed by atoms with Gasteiger partial charge in [-0.1, -0.05) is 121 Å². The number of carbonyl (C=O) groups is 7. The van der Waals surface area contributed by atoms with Crippen molar-refractivity contribution in [3.05, 3.63) is 296 Å². The second-order valence-corrected chi connectivity index (χ2v) is 20.8. The van der Waals surface area contributed by atoms with Crippen LogP contribution in [0.25, 0.3) is 0 Å². The molecule has 9 rings (SSSR count). The van der Waals surface area contributed by atoms with E-state index in [2.05, 4.69) is 4.74 Å². The summed E-state index contributed by atoms with van der Waals surface area (Å²) >= 11 is 0. The van der Waals surface area contributed by atoms with Gasteiger partial charge in [-0.3, -0.25) is 0 Å². The predicted molar refractivity (Wildman–Crippen MR) is 370 cm³/mol. The Bertz CT molecular complexity index is 3770. The highest BCUT2D eigenvalue weighted by atomic mass is 16.5. The molecule has 0 fully saturated rings. The number of methoxy groups -OCH3 is 1. The van der Waals surface area contributed by atoms with Crippen molar-refractivity contribution >= 4 is 41.8 Å². The lowest BCUT2D eigenvalue weighted by atomic mass is 10.1. The zero-order valence-corrected chi connectivity index (χ0v) is 55.9. The second kappa shape index (κ2) is 46.5. The molecule has 9 aromatic rings. The fourth-order valence-electron chi connectivity index (χ4n) is 7.24. The van der Waals surface area contributed by atoms with Crippen molar-refractivity contribution in [3.63, 3.8) is 0 Å². The summed E-state index contributed by atoms with van der Waals surface area (Å²) in [6.45, 7) is 17.5. The minimum absolute atomic E-state index is 0.0281. The molecule has 20 heteroatoms. The number of aromatic hydroxyl groups is 4. The standard InChI is InChI=1S/C11H14O3.C9H10O3.C9H12O2.C9H10O2.4C8H8O2.C7H8O2/c1-2-3-8-14-11(13)9-4-6-10(12)7-5-9;1-2-12-9(11)7-3-5-8(10)6-4-7;1-6-5-8(7(2)10)3-4-9(6)11;1-7-5-3-4-6-8(7)9(10)11-2;2*1-6-2-4-7(5-3-6)8(9)10;1-6-3-2-4-7(5-6)8(9)10;1-6-4-2-3-5-7(6)8(9)10;8-5-6-1-3-7(9)4-2-6/h4-7,12H,2-3,8H2,1H3;3-6,10H,2H2,1H3;3-5,7,10-11H,1-2H3;3-6H,1-2H3;4*2-5H,1H3,(H,9,10);1-4,8-9H,5H2. The van der Waals surface area contributed by atoms with Crippen LogP contribution in [0.4, 0.5) is 0 Å². The van der Waals surface area contributed by atoms with E-state index in [9.17, 15) is 33.6 Å². The number of esters is 3. The maximum absolute atomic E-state index is 11.3. The summed E-state index contributed by atoms with van der Waals surface area (Å²) in [5, 5.41) is 87.6. The van der Waals surface area contributed by atoms with Crippen LogP contribution in [0.1, 0.15) is 157 Å². The van der Waals surface area contributed by atoms with Crippen molar-refractivity contribution in [1.29, 1.82) is 0 Å². The normalized spacial score (nSPS) is 9.81. The predicted octanol–water partition coefficient (Wildman–Crippen LogP) is 15.1. The number of hydrogen-bond acceptors (Lipinski definition) is 16. The Kier molecular flexibility index (Phi) is 39.9. The first-order valence-electron chi connectivity index (χ1n) is 30.1. The van der Waals surface area contributed by atoms with E-state index < -0.39 is 30.0 Å². The van der Waals surface area contributed by atoms with Gasteiger partial charge < -0.3 is 65.3 Å². The summed E-state index contributed by atoms with van der Waals surface area (Å²) < 4.78 is 14.3. The fourth-order valence-corrected chi connectivity index (χ4v) is 7.24. The molecule has 514 valence electrons. The van der Waals surface area contributed by atoms with Gasteiger partial charge >= 0.3 is 41.8 Å². The van der Waals surface area contributed by atoms with Crippen LogP contribution in [0.3, 0.4) is 0 Å². The van der Waals surface area contributed by atoms with E-state index >= 15 is 0 Å². The molecule has 0 amide bonds. The molecular weight excluding hydrogens is 1240 g/mol. The van der Waals surface area contributed by atoms with E-state index in [4.69, 9.17) is 60.5 Å². The Hall–Kier alpha value is -11.6. The average Bonchev–Trinajstić information content (AvgIpc) is 2.38. The van der Waals surface area contributed by atoms with Crippen LogP contribution in [0.5, 0.6) is 23.0 Å². The number of aliphatic hydroxyl groups excluding tert-OH is 2. The van der Waals surface area contributed by atoms with Gasteiger partial charge in [0.2, 0.25) is 0 Å². The summed E-state index contributed by atoms with van der Waals surface area (Å²) in [6, 6.07) is 58.1. The van der Waals surface area contributed by atoms with E-state index in [0.29, 0.717) is 52.2 Å². The van der Waals surface area contributed by atoms with E-state index in [1.807, 2.05) is 65.0 Å². The lowest BCUT2D eigenvalue weighted by Gasteiger charge is -2.05. The lowest BCUT2D eigenvalue weighted by molar-refractivity contribution is 0.0495. The highest BCUT2D eigenvalue weighted by molar-refractivity contribution is 5.92. The first kappa shape index (κ1) is 83.4. The summed E-state index contributed by atoms with van der Waals surface area (Å²) in [4.78, 5) is 74.8. The quantitative estimate of drug-likeness (QED) is 0.0291. The number of carbonyl (C=O) groups excluding carboxylic acids is 3. The maximum Gasteiger partial charge on any atom is 0.338 e. The smallest absolute Gasteiger partial charge is 0.338 e. The molecule has 10 N–H and O–H groups in total. The number of carboxylic acids is 4. The Labute approximate surface area is 565 Å². The zero-order valence-electron chi connectivity index (χ0n) is 55.9. The third-order valence-corrected chi connectivity index (χ3v) is 12.8. The molecule has 0 aliphatic carbocycles. The molecular formula is C77H86O20. The number of rotatable bonds is 13. The Morgan fingerprint density at radius 1 is 0.402 bits per heavy atom. The number of carboxylic acid groups (broad SMARTS) is 4. The number of ether oxygens (including phenoxy) is 3. The molecule has 20 nitrogen and oxygen atoms in total. The first-order chi connectivity index (χ1) is 46.0. The number of benzene rings is 9. The van der Waals surface area contributed by atoms with E-state index in [1.165, 1.54) is 43.5 Å².